The first-order valence-electron chi connectivity index (χ1n) is 11.4. The summed E-state index contributed by atoms with van der Waals surface area (Å²) in [6.07, 6.45) is 3.42. The van der Waals surface area contributed by atoms with Crippen LogP contribution in [0.3, 0.4) is 0 Å². The summed E-state index contributed by atoms with van der Waals surface area (Å²) in [5.41, 5.74) is 9.73. The maximum absolute atomic E-state index is 12.1. The van der Waals surface area contributed by atoms with E-state index >= 15 is 0 Å². The number of hydrogen-bond acceptors (Lipinski definition) is 7. The number of nitrogens with one attached hydrogen (secondary N) is 2. The third-order valence-corrected chi connectivity index (χ3v) is 5.98. The molecular weight excluding hydrogens is 474 g/mol. The van der Waals surface area contributed by atoms with Crippen LogP contribution in [0.4, 0.5) is 0 Å². The lowest BCUT2D eigenvalue weighted by molar-refractivity contribution is -0.138. The lowest BCUT2D eigenvalue weighted by Gasteiger charge is -2.14. The number of amides is 1. The van der Waals surface area contributed by atoms with Crippen molar-refractivity contribution in [3.8, 4) is 22.6 Å². The van der Waals surface area contributed by atoms with Crippen LogP contribution in [0.25, 0.3) is 21.2 Å². The number of nitrogens with zero attached hydrogens (tertiary/aromatic N) is 1. The minimum atomic E-state index is -0.318. The molecule has 1 amide bonds. The number of carbonyl (C=O) groups is 2. The summed E-state index contributed by atoms with van der Waals surface area (Å²) in [4.78, 5) is 26.5. The second kappa shape index (κ2) is 11.8. The van der Waals surface area contributed by atoms with E-state index in [2.05, 4.69) is 64.8 Å². The van der Waals surface area contributed by atoms with Crippen LogP contribution in [0, 0.1) is 13.8 Å². The standard InChI is InChI=1S/C23H21N3O2S.C5H10O2/c1-14-8-15(2)10-17(9-14)16-4-6-18(7-5-16)28-20-12-25-13-22-19(20)11-21(29-22)23(27)26-24-3;1-5(2,3)7-4-6/h4-13,24H,1-3H3,(H,26,27);4H,1-3H3. The Morgan fingerprint density at radius 3 is 2.19 bits per heavy atom. The summed E-state index contributed by atoms with van der Waals surface area (Å²) < 4.78 is 11.5. The van der Waals surface area contributed by atoms with E-state index in [-0.39, 0.29) is 11.5 Å². The molecule has 2 aromatic heterocycles. The molecule has 0 aliphatic rings. The third kappa shape index (κ3) is 7.37. The van der Waals surface area contributed by atoms with Gasteiger partial charge in [0.05, 0.1) is 15.8 Å². The van der Waals surface area contributed by atoms with Crippen LogP contribution in [0.15, 0.2) is 60.9 Å². The quantitative estimate of drug-likeness (QED) is 0.240. The summed E-state index contributed by atoms with van der Waals surface area (Å²) in [5.74, 6) is 1.17. The van der Waals surface area contributed by atoms with Gasteiger partial charge in [-0.1, -0.05) is 41.5 Å². The molecule has 4 rings (SSSR count). The molecule has 8 heteroatoms. The lowest BCUT2D eigenvalue weighted by Crippen LogP contribution is -2.33. The highest BCUT2D eigenvalue weighted by Crippen LogP contribution is 2.35. The third-order valence-electron chi connectivity index (χ3n) is 4.91. The summed E-state index contributed by atoms with van der Waals surface area (Å²) in [7, 11) is 1.66. The highest BCUT2D eigenvalue weighted by Gasteiger charge is 2.14. The zero-order chi connectivity index (χ0) is 26.3. The number of benzene rings is 2. The van der Waals surface area contributed by atoms with Crippen LogP contribution in [0.5, 0.6) is 11.5 Å². The maximum atomic E-state index is 12.1. The topological polar surface area (TPSA) is 89.6 Å². The Bertz CT molecular complexity index is 1320. The zero-order valence-electron chi connectivity index (χ0n) is 21.3. The molecule has 0 spiro atoms. The number of rotatable bonds is 6. The molecule has 0 saturated carbocycles. The van der Waals surface area contributed by atoms with Crippen LogP contribution >= 0.6 is 11.3 Å². The SMILES string of the molecule is CC(C)(C)OC=O.CNNC(=O)c1cc2c(Oc3ccc(-c4cc(C)cc(C)c4)cc3)cncc2s1. The van der Waals surface area contributed by atoms with Crippen molar-refractivity contribution in [2.24, 2.45) is 0 Å². The number of hydrogen-bond donors (Lipinski definition) is 2. The van der Waals surface area contributed by atoms with Gasteiger partial charge in [0.25, 0.3) is 12.4 Å². The minimum Gasteiger partial charge on any atom is -0.462 e. The Hall–Kier alpha value is -3.75. The predicted octanol–water partition coefficient (Wildman–Crippen LogP) is 6.19. The van der Waals surface area contributed by atoms with Crippen molar-refractivity contribution in [1.29, 1.82) is 0 Å². The second-order valence-corrected chi connectivity index (χ2v) is 10.3. The molecule has 0 fully saturated rings. The van der Waals surface area contributed by atoms with Gasteiger partial charge in [0.15, 0.2) is 5.75 Å². The molecule has 0 aliphatic carbocycles. The Morgan fingerprint density at radius 2 is 1.64 bits per heavy atom. The van der Waals surface area contributed by atoms with Crippen molar-refractivity contribution < 1.29 is 19.1 Å². The van der Waals surface area contributed by atoms with E-state index in [1.54, 1.807) is 19.4 Å². The monoisotopic (exact) mass is 505 g/mol. The first kappa shape index (κ1) is 26.8. The number of fused-ring (bicyclic) bond motifs is 1. The number of aromatic nitrogens is 1. The van der Waals surface area contributed by atoms with Gasteiger partial charge >= 0.3 is 0 Å². The van der Waals surface area contributed by atoms with Gasteiger partial charge < -0.3 is 9.47 Å². The van der Waals surface area contributed by atoms with E-state index in [0.29, 0.717) is 17.1 Å². The normalized spacial score (nSPS) is 10.8. The molecule has 4 aromatic rings. The number of ether oxygens (including phenoxy) is 2. The van der Waals surface area contributed by atoms with Crippen molar-refractivity contribution in [2.75, 3.05) is 7.05 Å². The average Bonchev–Trinajstić information content (AvgIpc) is 3.24. The Balaban J connectivity index is 0.000000454. The van der Waals surface area contributed by atoms with Gasteiger partial charge in [-0.3, -0.25) is 20.0 Å². The Morgan fingerprint density at radius 1 is 0.972 bits per heavy atom. The van der Waals surface area contributed by atoms with E-state index in [1.165, 1.54) is 28.0 Å². The van der Waals surface area contributed by atoms with Crippen molar-refractivity contribution in [1.82, 2.24) is 15.8 Å². The first-order valence-corrected chi connectivity index (χ1v) is 12.2. The van der Waals surface area contributed by atoms with Gasteiger partial charge in [0.1, 0.15) is 11.4 Å². The van der Waals surface area contributed by atoms with Gasteiger partial charge in [0, 0.05) is 18.6 Å². The maximum Gasteiger partial charge on any atom is 0.293 e. The molecule has 2 heterocycles. The molecule has 2 aromatic carbocycles. The van der Waals surface area contributed by atoms with Crippen molar-refractivity contribution >= 4 is 33.8 Å². The molecule has 0 saturated heterocycles. The van der Waals surface area contributed by atoms with E-state index in [0.717, 1.165) is 21.4 Å². The summed E-state index contributed by atoms with van der Waals surface area (Å²) in [6.45, 7) is 10.1. The smallest absolute Gasteiger partial charge is 0.293 e. The Labute approximate surface area is 215 Å². The zero-order valence-corrected chi connectivity index (χ0v) is 22.2. The predicted molar refractivity (Wildman–Crippen MR) is 144 cm³/mol. The van der Waals surface area contributed by atoms with Crippen molar-refractivity contribution in [3.05, 3.63) is 76.9 Å². The molecule has 0 aliphatic heterocycles. The van der Waals surface area contributed by atoms with Crippen LogP contribution in [0.2, 0.25) is 0 Å². The minimum absolute atomic E-state index is 0.183. The number of carbonyl (C=O) groups excluding carboxylic acids is 2. The number of pyridine rings is 1. The molecule has 188 valence electrons. The highest BCUT2D eigenvalue weighted by molar-refractivity contribution is 7.20. The van der Waals surface area contributed by atoms with Gasteiger partial charge in [-0.2, -0.15) is 0 Å². The Kier molecular flexibility index (Phi) is 8.79. The molecular formula is C28H31N3O4S. The molecule has 7 nitrogen and oxygen atoms in total. The van der Waals surface area contributed by atoms with Gasteiger partial charge in [0.2, 0.25) is 0 Å². The van der Waals surface area contributed by atoms with Gasteiger partial charge in [-0.15, -0.1) is 11.3 Å². The number of hydrazine groups is 1. The summed E-state index contributed by atoms with van der Waals surface area (Å²) >= 11 is 1.38. The van der Waals surface area contributed by atoms with Crippen molar-refractivity contribution in [2.45, 2.75) is 40.2 Å². The van der Waals surface area contributed by atoms with Gasteiger partial charge in [-0.05, 0) is 63.9 Å². The van der Waals surface area contributed by atoms with E-state index in [4.69, 9.17) is 4.74 Å². The molecule has 0 radical (unpaired) electrons. The van der Waals surface area contributed by atoms with E-state index in [1.807, 2.05) is 39.0 Å². The summed E-state index contributed by atoms with van der Waals surface area (Å²) in [6, 6.07) is 16.4. The average molecular weight is 506 g/mol. The molecule has 0 bridgehead atoms. The molecule has 0 unspecified atom stereocenters. The highest BCUT2D eigenvalue weighted by atomic mass is 32.1. The first-order chi connectivity index (χ1) is 17.1. The molecule has 2 N–H and O–H groups in total. The van der Waals surface area contributed by atoms with Crippen LogP contribution < -0.4 is 15.6 Å². The fourth-order valence-corrected chi connectivity index (χ4v) is 4.37. The number of aryl methyl sites for hydroxylation is 2. The molecule has 36 heavy (non-hydrogen) atoms. The molecule has 0 atom stereocenters. The largest absolute Gasteiger partial charge is 0.462 e. The van der Waals surface area contributed by atoms with Crippen molar-refractivity contribution in [3.63, 3.8) is 0 Å². The van der Waals surface area contributed by atoms with Crippen LogP contribution in [-0.4, -0.2) is 30.0 Å². The van der Waals surface area contributed by atoms with Crippen LogP contribution in [-0.2, 0) is 9.53 Å². The fraction of sp³-hybridized carbons (Fsp3) is 0.250. The van der Waals surface area contributed by atoms with Gasteiger partial charge in [-0.25, -0.2) is 5.43 Å². The van der Waals surface area contributed by atoms with E-state index in [9.17, 15) is 9.59 Å². The van der Waals surface area contributed by atoms with E-state index < -0.39 is 0 Å². The fourth-order valence-electron chi connectivity index (χ4n) is 3.43. The summed E-state index contributed by atoms with van der Waals surface area (Å²) in [5, 5.41) is 0.865. The second-order valence-electron chi connectivity index (χ2n) is 9.19. The lowest BCUT2D eigenvalue weighted by atomic mass is 10.0. The number of thiophene rings is 1. The van der Waals surface area contributed by atoms with Crippen LogP contribution in [0.1, 0.15) is 41.6 Å².